The lowest BCUT2D eigenvalue weighted by molar-refractivity contribution is -0.169. The maximum Gasteiger partial charge on any atom is 0.389 e. The second kappa shape index (κ2) is 25.7. The van der Waals surface area contributed by atoms with E-state index in [2.05, 4.69) is 0 Å². The summed E-state index contributed by atoms with van der Waals surface area (Å²) in [5.74, 6) is -8.41. The molecule has 0 unspecified atom stereocenters. The first-order valence-electron chi connectivity index (χ1n) is 22.1. The molecule has 362 valence electrons. The first kappa shape index (κ1) is 56.2. The number of halogens is 3. The highest BCUT2D eigenvalue weighted by atomic mass is 32.1. The van der Waals surface area contributed by atoms with Crippen LogP contribution in [0.3, 0.4) is 0 Å². The van der Waals surface area contributed by atoms with Crippen molar-refractivity contribution in [2.24, 2.45) is 35.3 Å². The summed E-state index contributed by atoms with van der Waals surface area (Å²) in [7, 11) is 4.05. The Bertz CT molecular complexity index is 2000. The summed E-state index contributed by atoms with van der Waals surface area (Å²) < 4.78 is 47.2. The second-order valence-corrected chi connectivity index (χ2v) is 19.3. The van der Waals surface area contributed by atoms with Crippen LogP contribution in [0.2, 0.25) is 0 Å². The smallest absolute Gasteiger partial charge is 0.389 e. The Balaban J connectivity index is 2.61. The van der Waals surface area contributed by atoms with Crippen molar-refractivity contribution in [2.75, 3.05) is 21.1 Å². The van der Waals surface area contributed by atoms with Crippen LogP contribution in [0.1, 0.15) is 112 Å². The SMILES string of the molecule is CC(C)C[C@H](CC(=O)[C@H](CC(C)C)N(C)C(=O)[C@@H](N)CC(C)C)C(=O)N(C)[C@@H](Cc1csc2ccccc12)C(=O)C[C@@H](CCC(F)(F)F)C(=O)N(C)[C@@H](C)C(=O)O[C@H](CCC#N)C(=O)O. The molecule has 0 radical (unpaired) electrons. The van der Waals surface area contributed by atoms with Crippen molar-refractivity contribution in [1.82, 2.24) is 14.7 Å². The number of ketones is 2. The van der Waals surface area contributed by atoms with Crippen LogP contribution in [0.15, 0.2) is 29.6 Å². The Hall–Kier alpha value is -4.89. The molecular weight excluding hydrogens is 868 g/mol. The fraction of sp³-hybridized carbons (Fsp3) is 0.660. The molecule has 14 nitrogen and oxygen atoms in total. The van der Waals surface area contributed by atoms with Gasteiger partial charge in [0.25, 0.3) is 0 Å². The molecule has 0 aliphatic carbocycles. The summed E-state index contributed by atoms with van der Waals surface area (Å²) in [6, 6.07) is 4.55. The fourth-order valence-corrected chi connectivity index (χ4v) is 8.81. The van der Waals surface area contributed by atoms with Crippen LogP contribution in [0.4, 0.5) is 13.2 Å². The number of benzene rings is 1. The average Bonchev–Trinajstić information content (AvgIpc) is 3.64. The molecule has 65 heavy (non-hydrogen) atoms. The summed E-state index contributed by atoms with van der Waals surface area (Å²) in [5, 5.41) is 21.0. The van der Waals surface area contributed by atoms with Crippen molar-refractivity contribution in [3.05, 3.63) is 35.2 Å². The number of carboxylic acids is 1. The van der Waals surface area contributed by atoms with Crippen molar-refractivity contribution in [3.8, 4) is 6.07 Å². The number of likely N-dealkylation sites (N-methyl/N-ethyl adjacent to an activating group) is 3. The third kappa shape index (κ3) is 17.5. The average molecular weight is 936 g/mol. The summed E-state index contributed by atoms with van der Waals surface area (Å²) in [6.45, 7) is 12.6. The maximum absolute atomic E-state index is 14.8. The molecule has 1 heterocycles. The molecule has 0 bridgehead atoms. The number of hydrogen-bond donors (Lipinski definition) is 2. The van der Waals surface area contributed by atoms with Crippen LogP contribution in [-0.2, 0) is 44.7 Å². The number of carbonyl (C=O) groups is 7. The number of ether oxygens (including phenoxy) is 1. The molecule has 2 rings (SSSR count). The topological polar surface area (TPSA) is 208 Å². The zero-order valence-electron chi connectivity index (χ0n) is 39.4. The van der Waals surface area contributed by atoms with E-state index < -0.39 is 103 Å². The third-order valence-electron chi connectivity index (χ3n) is 11.5. The number of nitrogens with two attached hydrogens (primary N) is 1. The van der Waals surface area contributed by atoms with Gasteiger partial charge in [-0.05, 0) is 72.8 Å². The van der Waals surface area contributed by atoms with Crippen LogP contribution >= 0.6 is 11.3 Å². The molecule has 0 spiro atoms. The van der Waals surface area contributed by atoms with E-state index in [1.165, 1.54) is 42.2 Å². The van der Waals surface area contributed by atoms with E-state index in [0.717, 1.165) is 22.0 Å². The Morgan fingerprint density at radius 1 is 0.769 bits per heavy atom. The van der Waals surface area contributed by atoms with E-state index in [9.17, 15) is 51.8 Å². The number of hydrogen-bond acceptors (Lipinski definition) is 11. The zero-order chi connectivity index (χ0) is 49.5. The number of aliphatic carboxylic acids is 1. The highest BCUT2D eigenvalue weighted by Gasteiger charge is 2.40. The highest BCUT2D eigenvalue weighted by molar-refractivity contribution is 7.17. The lowest BCUT2D eigenvalue weighted by Gasteiger charge is -2.34. The van der Waals surface area contributed by atoms with Crippen molar-refractivity contribution in [1.29, 1.82) is 5.26 Å². The summed E-state index contributed by atoms with van der Waals surface area (Å²) in [5.41, 5.74) is 6.92. The van der Waals surface area contributed by atoms with Gasteiger partial charge in [-0.15, -0.1) is 11.3 Å². The number of carbonyl (C=O) groups excluding carboxylic acids is 6. The number of rotatable bonds is 27. The number of amides is 3. The molecule has 0 saturated heterocycles. The van der Waals surface area contributed by atoms with Crippen LogP contribution in [0.5, 0.6) is 0 Å². The second-order valence-electron chi connectivity index (χ2n) is 18.4. The predicted molar refractivity (Wildman–Crippen MR) is 241 cm³/mol. The zero-order valence-corrected chi connectivity index (χ0v) is 40.2. The summed E-state index contributed by atoms with van der Waals surface area (Å²) in [4.78, 5) is 99.3. The van der Waals surface area contributed by atoms with Crippen LogP contribution in [-0.4, -0.2) is 119 Å². The van der Waals surface area contributed by atoms with Gasteiger partial charge in [-0.25, -0.2) is 9.59 Å². The van der Waals surface area contributed by atoms with Gasteiger partial charge in [-0.1, -0.05) is 59.7 Å². The molecule has 0 aliphatic rings. The van der Waals surface area contributed by atoms with Gasteiger partial charge in [0.15, 0.2) is 17.7 Å². The van der Waals surface area contributed by atoms with E-state index in [-0.39, 0.29) is 55.6 Å². The molecule has 3 amide bonds. The molecule has 18 heteroatoms. The van der Waals surface area contributed by atoms with Crippen LogP contribution in [0, 0.1) is 40.9 Å². The number of Topliss-reactive ketones (excluding diaryl/α,β-unsaturated/α-hetero) is 2. The van der Waals surface area contributed by atoms with Gasteiger partial charge >= 0.3 is 18.1 Å². The van der Waals surface area contributed by atoms with Crippen LogP contribution < -0.4 is 5.73 Å². The lowest BCUT2D eigenvalue weighted by Crippen LogP contribution is -2.51. The fourth-order valence-electron chi connectivity index (χ4n) is 7.84. The first-order chi connectivity index (χ1) is 30.2. The Kier molecular flexibility index (Phi) is 22.2. The largest absolute Gasteiger partial charge is 0.479 e. The van der Waals surface area contributed by atoms with E-state index >= 15 is 0 Å². The van der Waals surface area contributed by atoms with E-state index in [1.807, 2.05) is 65.1 Å². The number of nitrogens with zero attached hydrogens (tertiary/aromatic N) is 4. The number of carboxylic acid groups (broad SMARTS) is 1. The predicted octanol–water partition coefficient (Wildman–Crippen LogP) is 7.20. The Morgan fingerprint density at radius 2 is 1.31 bits per heavy atom. The molecular formula is C47H68F3N5O9S. The van der Waals surface area contributed by atoms with Gasteiger partial charge < -0.3 is 30.3 Å². The molecule has 0 saturated carbocycles. The third-order valence-corrected chi connectivity index (χ3v) is 12.5. The van der Waals surface area contributed by atoms with E-state index in [4.69, 9.17) is 15.7 Å². The van der Waals surface area contributed by atoms with Gasteiger partial charge in [0.05, 0.1) is 24.2 Å². The van der Waals surface area contributed by atoms with Crippen molar-refractivity contribution < 1.29 is 56.6 Å². The number of fused-ring (bicyclic) bond motifs is 1. The monoisotopic (exact) mass is 935 g/mol. The quantitative estimate of drug-likeness (QED) is 0.0856. The summed E-state index contributed by atoms with van der Waals surface area (Å²) >= 11 is 1.40. The number of alkyl halides is 3. The van der Waals surface area contributed by atoms with Crippen molar-refractivity contribution >= 4 is 62.6 Å². The minimum absolute atomic E-state index is 0.0124. The molecule has 7 atom stereocenters. The number of esters is 1. The van der Waals surface area contributed by atoms with Crippen LogP contribution in [0.25, 0.3) is 10.1 Å². The standard InChI is InChI=1S/C47H68F3N5O9S/c1-27(2)20-32(25-39(57)36(22-29(5)6)55(10)44(60)35(52)21-28(3)4)43(59)54(9)37(23-33-26-65-41-16-12-11-14-34(33)41)38(56)24-31(17-18-47(48,49)50)42(58)53(8)30(7)46(63)64-40(45(61)62)15-13-19-51/h11-12,14,16,26-32,35-37,40H,13,15,17-18,20-25,52H2,1-10H3,(H,61,62)/t30-,31+,32+,35-,36-,37-,40+/m0/s1. The van der Waals surface area contributed by atoms with Crippen molar-refractivity contribution in [2.45, 2.75) is 149 Å². The normalized spacial score (nSPS) is 15.1. The van der Waals surface area contributed by atoms with Crippen molar-refractivity contribution in [3.63, 3.8) is 0 Å². The van der Waals surface area contributed by atoms with Gasteiger partial charge in [0.2, 0.25) is 17.7 Å². The number of thiophene rings is 1. The minimum atomic E-state index is -4.73. The molecule has 3 N–H and O–H groups in total. The molecule has 1 aromatic carbocycles. The first-order valence-corrected chi connectivity index (χ1v) is 23.0. The van der Waals surface area contributed by atoms with Gasteiger partial charge in [-0.3, -0.25) is 24.0 Å². The Morgan fingerprint density at radius 3 is 1.86 bits per heavy atom. The molecule has 2 aromatic rings. The molecule has 0 fully saturated rings. The number of nitriles is 1. The van der Waals surface area contributed by atoms with Gasteiger partial charge in [0.1, 0.15) is 6.04 Å². The van der Waals surface area contributed by atoms with E-state index in [0.29, 0.717) is 18.4 Å². The molecule has 0 aliphatic heterocycles. The van der Waals surface area contributed by atoms with E-state index in [1.54, 1.807) is 12.1 Å². The minimum Gasteiger partial charge on any atom is -0.479 e. The Labute approximate surface area is 385 Å². The summed E-state index contributed by atoms with van der Waals surface area (Å²) in [6.07, 6.45) is -9.53. The molecule has 1 aromatic heterocycles. The highest BCUT2D eigenvalue weighted by Crippen LogP contribution is 2.32. The van der Waals surface area contributed by atoms with Gasteiger partial charge in [-0.2, -0.15) is 18.4 Å². The van der Waals surface area contributed by atoms with Gasteiger partial charge in [0, 0.05) is 76.2 Å². The lowest BCUT2D eigenvalue weighted by atomic mass is 9.85. The maximum atomic E-state index is 14.8.